The number of Topliss-reactive ketones (excluding diaryl/α,β-unsaturated/α-hetero) is 2. The lowest BCUT2D eigenvalue weighted by Gasteiger charge is -2.56. The molecule has 0 aromatic rings. The van der Waals surface area contributed by atoms with E-state index in [1.807, 2.05) is 6.08 Å². The third-order valence-corrected chi connectivity index (χ3v) is 8.49. The van der Waals surface area contributed by atoms with Gasteiger partial charge < -0.3 is 5.11 Å². The molecule has 4 rings (SSSR count). The van der Waals surface area contributed by atoms with Crippen LogP contribution < -0.4 is 0 Å². The summed E-state index contributed by atoms with van der Waals surface area (Å²) < 4.78 is 0. The molecule has 4 nitrogen and oxygen atoms in total. The van der Waals surface area contributed by atoms with E-state index >= 15 is 0 Å². The molecule has 3 fully saturated rings. The van der Waals surface area contributed by atoms with E-state index in [2.05, 4.69) is 20.8 Å². The van der Waals surface area contributed by atoms with Gasteiger partial charge in [0, 0.05) is 24.7 Å². The molecule has 0 radical (unpaired) electrons. The minimum atomic E-state index is -0.424. The molecule has 0 amide bonds. The molecule has 0 aliphatic heterocycles. The zero-order chi connectivity index (χ0) is 18.9. The van der Waals surface area contributed by atoms with E-state index in [0.717, 1.165) is 25.7 Å². The van der Waals surface area contributed by atoms with Crippen LogP contribution in [0.5, 0.6) is 0 Å². The van der Waals surface area contributed by atoms with Crippen LogP contribution in [0, 0.1) is 40.4 Å². The lowest BCUT2D eigenvalue weighted by atomic mass is 9.46. The monoisotopic (exact) mass is 358 g/mol. The minimum absolute atomic E-state index is 0.0103. The normalized spacial score (nSPS) is 47.7. The highest BCUT2D eigenvalue weighted by atomic mass is 16.3. The average Bonchev–Trinajstić information content (AvgIpc) is 2.84. The van der Waals surface area contributed by atoms with Crippen LogP contribution in [0.3, 0.4) is 0 Å². The quantitative estimate of drug-likeness (QED) is 0.823. The van der Waals surface area contributed by atoms with Crippen molar-refractivity contribution >= 4 is 17.3 Å². The number of aliphatic hydroxyl groups excluding tert-OH is 1. The van der Waals surface area contributed by atoms with Gasteiger partial charge in [0.05, 0.1) is 0 Å². The molecule has 142 valence electrons. The van der Waals surface area contributed by atoms with E-state index in [1.165, 1.54) is 5.57 Å². The predicted octanol–water partition coefficient (Wildman–Crippen LogP) is 3.12. The van der Waals surface area contributed by atoms with Crippen molar-refractivity contribution in [1.29, 1.82) is 0 Å². The van der Waals surface area contributed by atoms with Gasteiger partial charge in [-0.05, 0) is 60.3 Å². The van der Waals surface area contributed by atoms with E-state index in [1.54, 1.807) is 0 Å². The van der Waals surface area contributed by atoms with Crippen LogP contribution in [-0.4, -0.2) is 29.1 Å². The Balaban J connectivity index is 1.74. The molecule has 4 heteroatoms. The second kappa shape index (κ2) is 5.85. The molecular weight excluding hydrogens is 328 g/mol. The molecule has 4 aliphatic carbocycles. The SMILES string of the molecule is CC1C[C@H]2C3CCC4=CC(=O)CCC4(C)[C@H]3C(=O)CC2(C)C1C(=O)CO. The Kier molecular flexibility index (Phi) is 4.07. The summed E-state index contributed by atoms with van der Waals surface area (Å²) in [6.45, 7) is 5.99. The number of carbonyl (C=O) groups is 3. The number of hydrogen-bond acceptors (Lipinski definition) is 4. The molecule has 3 saturated carbocycles. The molecule has 0 saturated heterocycles. The van der Waals surface area contributed by atoms with E-state index in [4.69, 9.17) is 0 Å². The maximum atomic E-state index is 13.4. The largest absolute Gasteiger partial charge is 0.389 e. The van der Waals surface area contributed by atoms with Gasteiger partial charge in [0.15, 0.2) is 11.6 Å². The van der Waals surface area contributed by atoms with Gasteiger partial charge in [-0.1, -0.05) is 26.3 Å². The molecular formula is C22H30O4. The maximum absolute atomic E-state index is 13.4. The van der Waals surface area contributed by atoms with Crippen molar-refractivity contribution in [3.63, 3.8) is 0 Å². The van der Waals surface area contributed by atoms with Crippen LogP contribution in [-0.2, 0) is 14.4 Å². The number of hydrogen-bond donors (Lipinski definition) is 1. The lowest BCUT2D eigenvalue weighted by molar-refractivity contribution is -0.149. The summed E-state index contributed by atoms with van der Waals surface area (Å²) in [5, 5.41) is 9.46. The molecule has 0 spiro atoms. The van der Waals surface area contributed by atoms with E-state index in [9.17, 15) is 19.5 Å². The highest BCUT2D eigenvalue weighted by Gasteiger charge is 2.64. The standard InChI is InChI=1S/C22H30O4/c1-12-8-16-15-5-4-13-9-14(24)6-7-21(13,2)20(15)17(25)10-22(16,3)19(12)18(26)11-23/h9,12,15-16,19-20,23H,4-8,10-11H2,1-3H3/t12?,15?,16-,19?,20+,21?,22?/m0/s1. The molecule has 5 unspecified atom stereocenters. The molecule has 7 atom stereocenters. The van der Waals surface area contributed by atoms with Crippen LogP contribution >= 0.6 is 0 Å². The Morgan fingerprint density at radius 2 is 2.00 bits per heavy atom. The number of rotatable bonds is 2. The van der Waals surface area contributed by atoms with Gasteiger partial charge in [-0.2, -0.15) is 0 Å². The van der Waals surface area contributed by atoms with Gasteiger partial charge in [-0.25, -0.2) is 0 Å². The van der Waals surface area contributed by atoms with Crippen molar-refractivity contribution in [1.82, 2.24) is 0 Å². The van der Waals surface area contributed by atoms with Crippen molar-refractivity contribution in [3.05, 3.63) is 11.6 Å². The molecule has 0 heterocycles. The van der Waals surface area contributed by atoms with Gasteiger partial charge in [0.25, 0.3) is 0 Å². The van der Waals surface area contributed by atoms with E-state index in [0.29, 0.717) is 24.7 Å². The summed E-state index contributed by atoms with van der Waals surface area (Å²) >= 11 is 0. The van der Waals surface area contributed by atoms with Crippen molar-refractivity contribution in [2.75, 3.05) is 6.61 Å². The summed E-state index contributed by atoms with van der Waals surface area (Å²) in [4.78, 5) is 37.8. The maximum Gasteiger partial charge on any atom is 0.162 e. The van der Waals surface area contributed by atoms with E-state index < -0.39 is 6.61 Å². The number of carbonyl (C=O) groups excluding carboxylic acids is 3. The van der Waals surface area contributed by atoms with Crippen LogP contribution in [0.1, 0.15) is 59.3 Å². The van der Waals surface area contributed by atoms with Crippen LogP contribution in [0.15, 0.2) is 11.6 Å². The van der Waals surface area contributed by atoms with Crippen LogP contribution in [0.2, 0.25) is 0 Å². The predicted molar refractivity (Wildman–Crippen MR) is 97.2 cm³/mol. The average molecular weight is 358 g/mol. The number of aliphatic hydroxyl groups is 1. The second-order valence-electron chi connectivity index (χ2n) is 9.80. The molecule has 0 bridgehead atoms. The third kappa shape index (κ3) is 2.27. The Morgan fingerprint density at radius 1 is 1.27 bits per heavy atom. The first-order valence-electron chi connectivity index (χ1n) is 10.1. The molecule has 4 aliphatic rings. The van der Waals surface area contributed by atoms with Crippen molar-refractivity contribution in [3.8, 4) is 0 Å². The Labute approximate surface area is 155 Å². The summed E-state index contributed by atoms with van der Waals surface area (Å²) in [6, 6.07) is 0. The fourth-order valence-electron chi connectivity index (χ4n) is 7.54. The molecule has 0 aromatic heterocycles. The Morgan fingerprint density at radius 3 is 2.69 bits per heavy atom. The number of ketones is 3. The van der Waals surface area contributed by atoms with Gasteiger partial charge in [0.1, 0.15) is 12.4 Å². The van der Waals surface area contributed by atoms with Crippen molar-refractivity contribution in [2.24, 2.45) is 40.4 Å². The zero-order valence-electron chi connectivity index (χ0n) is 16.1. The number of allylic oxidation sites excluding steroid dienone is 1. The summed E-state index contributed by atoms with van der Waals surface area (Å²) in [6.07, 6.45) is 6.39. The smallest absolute Gasteiger partial charge is 0.162 e. The zero-order valence-corrected chi connectivity index (χ0v) is 16.1. The first-order valence-corrected chi connectivity index (χ1v) is 10.1. The highest BCUT2D eigenvalue weighted by Crippen LogP contribution is 2.66. The van der Waals surface area contributed by atoms with Gasteiger partial charge in [-0.15, -0.1) is 0 Å². The highest BCUT2D eigenvalue weighted by molar-refractivity contribution is 5.93. The first-order chi connectivity index (χ1) is 12.2. The van der Waals surface area contributed by atoms with Gasteiger partial charge in [-0.3, -0.25) is 14.4 Å². The van der Waals surface area contributed by atoms with Crippen LogP contribution in [0.4, 0.5) is 0 Å². The summed E-state index contributed by atoms with van der Waals surface area (Å²) in [5.74, 6) is 1.04. The fraction of sp³-hybridized carbons (Fsp3) is 0.773. The summed E-state index contributed by atoms with van der Waals surface area (Å²) in [7, 11) is 0. The minimum Gasteiger partial charge on any atom is -0.389 e. The Bertz CT molecular complexity index is 707. The van der Waals surface area contributed by atoms with Crippen molar-refractivity contribution in [2.45, 2.75) is 59.3 Å². The molecule has 0 aromatic carbocycles. The third-order valence-electron chi connectivity index (χ3n) is 8.49. The number of fused-ring (bicyclic) bond motifs is 5. The fourth-order valence-corrected chi connectivity index (χ4v) is 7.54. The second-order valence-corrected chi connectivity index (χ2v) is 9.80. The topological polar surface area (TPSA) is 71.4 Å². The Hall–Kier alpha value is -1.29. The summed E-state index contributed by atoms with van der Waals surface area (Å²) in [5.41, 5.74) is 0.679. The van der Waals surface area contributed by atoms with Crippen LogP contribution in [0.25, 0.3) is 0 Å². The van der Waals surface area contributed by atoms with Gasteiger partial charge >= 0.3 is 0 Å². The first kappa shape index (κ1) is 18.1. The lowest BCUT2D eigenvalue weighted by Crippen LogP contribution is -2.55. The molecule has 1 N–H and O–H groups in total. The van der Waals surface area contributed by atoms with E-state index in [-0.39, 0.29) is 45.9 Å². The van der Waals surface area contributed by atoms with Gasteiger partial charge in [0.2, 0.25) is 0 Å². The molecule has 26 heavy (non-hydrogen) atoms. The van der Waals surface area contributed by atoms with Crippen molar-refractivity contribution < 1.29 is 19.5 Å².